The van der Waals surface area contributed by atoms with Gasteiger partial charge in [-0.3, -0.25) is 0 Å². The Morgan fingerprint density at radius 2 is 2.00 bits per heavy atom. The Kier molecular flexibility index (Phi) is 6.30. The molecule has 6 nitrogen and oxygen atoms in total. The molecule has 0 unspecified atom stereocenters. The molecule has 154 valence electrons. The highest BCUT2D eigenvalue weighted by Crippen LogP contribution is 2.29. The average molecular weight is 424 g/mol. The monoisotopic (exact) mass is 423 g/mol. The Hall–Kier alpha value is -1.09. The lowest BCUT2D eigenvalue weighted by molar-refractivity contribution is 0.0315. The molecule has 2 saturated heterocycles. The first-order valence-corrected chi connectivity index (χ1v) is 12.8. The molecule has 1 aromatic carbocycles. The van der Waals surface area contributed by atoms with Gasteiger partial charge >= 0.3 is 0 Å². The molecule has 0 spiro atoms. The molecule has 0 bridgehead atoms. The summed E-state index contributed by atoms with van der Waals surface area (Å²) in [5.41, 5.74) is 1.75. The molecular weight excluding hydrogens is 394 g/mol. The zero-order valence-electron chi connectivity index (χ0n) is 16.5. The number of fused-ring (bicyclic) bond motifs is 1. The van der Waals surface area contributed by atoms with Crippen LogP contribution in [0.3, 0.4) is 0 Å². The van der Waals surface area contributed by atoms with Crippen LogP contribution in [0.15, 0.2) is 28.3 Å². The SMILES string of the molecule is CCn1c(SC[C@@H]2CCCCO2)nc2cc(S(=O)(=O)N3CCCCC3)ccc21. The maximum atomic E-state index is 13.0. The third-order valence-electron chi connectivity index (χ3n) is 5.63. The van der Waals surface area contributed by atoms with Crippen LogP contribution < -0.4 is 0 Å². The van der Waals surface area contributed by atoms with Gasteiger partial charge in [0.1, 0.15) is 0 Å². The smallest absolute Gasteiger partial charge is 0.243 e. The molecule has 0 aliphatic carbocycles. The van der Waals surface area contributed by atoms with Crippen molar-refractivity contribution in [3.05, 3.63) is 18.2 Å². The molecule has 1 atom stereocenters. The topological polar surface area (TPSA) is 64.4 Å². The van der Waals surface area contributed by atoms with E-state index in [1.807, 2.05) is 6.07 Å². The molecule has 2 fully saturated rings. The van der Waals surface area contributed by atoms with E-state index >= 15 is 0 Å². The molecule has 0 amide bonds. The number of imidazole rings is 1. The van der Waals surface area contributed by atoms with Crippen LogP contribution in [0.5, 0.6) is 0 Å². The van der Waals surface area contributed by atoms with E-state index in [0.29, 0.717) is 24.1 Å². The van der Waals surface area contributed by atoms with Crippen molar-refractivity contribution in [3.63, 3.8) is 0 Å². The summed E-state index contributed by atoms with van der Waals surface area (Å²) in [6, 6.07) is 5.38. The van der Waals surface area contributed by atoms with Crippen molar-refractivity contribution < 1.29 is 13.2 Å². The molecule has 4 rings (SSSR count). The highest BCUT2D eigenvalue weighted by molar-refractivity contribution is 7.99. The van der Waals surface area contributed by atoms with Gasteiger partial charge in [-0.2, -0.15) is 4.31 Å². The lowest BCUT2D eigenvalue weighted by atomic mass is 10.1. The van der Waals surface area contributed by atoms with Gasteiger partial charge in [-0.1, -0.05) is 18.2 Å². The van der Waals surface area contributed by atoms with E-state index in [0.717, 1.165) is 67.2 Å². The Morgan fingerprint density at radius 3 is 2.71 bits per heavy atom. The third kappa shape index (κ3) is 4.10. The average Bonchev–Trinajstić information content (AvgIpc) is 3.10. The van der Waals surface area contributed by atoms with Gasteiger partial charge in [0.15, 0.2) is 5.16 Å². The predicted octanol–water partition coefficient (Wildman–Crippen LogP) is 3.89. The third-order valence-corrected chi connectivity index (χ3v) is 8.63. The molecule has 0 radical (unpaired) electrons. The van der Waals surface area contributed by atoms with Crippen LogP contribution in [0.1, 0.15) is 45.4 Å². The van der Waals surface area contributed by atoms with Crippen molar-refractivity contribution in [3.8, 4) is 0 Å². The van der Waals surface area contributed by atoms with E-state index in [9.17, 15) is 8.42 Å². The van der Waals surface area contributed by atoms with Crippen LogP contribution >= 0.6 is 11.8 Å². The van der Waals surface area contributed by atoms with Gasteiger partial charge in [-0.25, -0.2) is 13.4 Å². The number of hydrogen-bond donors (Lipinski definition) is 0. The molecular formula is C20H29N3O3S2. The fourth-order valence-corrected chi connectivity index (χ4v) is 6.71. The van der Waals surface area contributed by atoms with Crippen LogP contribution in [0.25, 0.3) is 11.0 Å². The lowest BCUT2D eigenvalue weighted by Gasteiger charge is -2.25. The highest BCUT2D eigenvalue weighted by atomic mass is 32.2. The van der Waals surface area contributed by atoms with Gasteiger partial charge in [0.05, 0.1) is 22.0 Å². The van der Waals surface area contributed by atoms with Crippen molar-refractivity contribution in [2.24, 2.45) is 0 Å². The first-order chi connectivity index (χ1) is 13.6. The molecule has 8 heteroatoms. The van der Waals surface area contributed by atoms with Gasteiger partial charge in [0, 0.05) is 32.0 Å². The van der Waals surface area contributed by atoms with E-state index < -0.39 is 10.0 Å². The Bertz CT molecular complexity index is 914. The van der Waals surface area contributed by atoms with Crippen molar-refractivity contribution in [1.29, 1.82) is 0 Å². The summed E-state index contributed by atoms with van der Waals surface area (Å²) in [5.74, 6) is 0.891. The van der Waals surface area contributed by atoms with Gasteiger partial charge in [0.25, 0.3) is 0 Å². The Balaban J connectivity index is 1.58. The van der Waals surface area contributed by atoms with Crippen LogP contribution in [0.2, 0.25) is 0 Å². The minimum absolute atomic E-state index is 0.291. The van der Waals surface area contributed by atoms with Gasteiger partial charge in [0.2, 0.25) is 10.0 Å². The second-order valence-electron chi connectivity index (χ2n) is 7.55. The second kappa shape index (κ2) is 8.73. The molecule has 2 aliphatic rings. The van der Waals surface area contributed by atoms with Crippen LogP contribution in [0, 0.1) is 0 Å². The summed E-state index contributed by atoms with van der Waals surface area (Å²) < 4.78 is 35.6. The number of benzene rings is 1. The molecule has 2 aliphatic heterocycles. The highest BCUT2D eigenvalue weighted by Gasteiger charge is 2.27. The number of hydrogen-bond acceptors (Lipinski definition) is 5. The number of ether oxygens (including phenoxy) is 1. The van der Waals surface area contributed by atoms with Crippen LogP contribution in [0.4, 0.5) is 0 Å². The van der Waals surface area contributed by atoms with E-state index in [4.69, 9.17) is 9.72 Å². The minimum atomic E-state index is -3.44. The van der Waals surface area contributed by atoms with Crippen molar-refractivity contribution >= 4 is 32.8 Å². The Labute approximate surface area is 171 Å². The summed E-state index contributed by atoms with van der Waals surface area (Å²) >= 11 is 1.71. The number of aryl methyl sites for hydroxylation is 1. The summed E-state index contributed by atoms with van der Waals surface area (Å²) in [6.07, 6.45) is 6.77. The fraction of sp³-hybridized carbons (Fsp3) is 0.650. The fourth-order valence-electron chi connectivity index (χ4n) is 4.02. The van der Waals surface area contributed by atoms with Crippen molar-refractivity contribution in [2.75, 3.05) is 25.4 Å². The van der Waals surface area contributed by atoms with Crippen molar-refractivity contribution in [1.82, 2.24) is 13.9 Å². The maximum absolute atomic E-state index is 13.0. The number of sulfonamides is 1. The number of rotatable bonds is 6. The Morgan fingerprint density at radius 1 is 1.18 bits per heavy atom. The summed E-state index contributed by atoms with van der Waals surface area (Å²) in [7, 11) is -3.44. The van der Waals surface area contributed by atoms with E-state index in [2.05, 4.69) is 11.5 Å². The summed E-state index contributed by atoms with van der Waals surface area (Å²) in [4.78, 5) is 5.13. The van der Waals surface area contributed by atoms with Crippen LogP contribution in [-0.2, 0) is 21.3 Å². The lowest BCUT2D eigenvalue weighted by Crippen LogP contribution is -2.35. The molecule has 0 saturated carbocycles. The van der Waals surface area contributed by atoms with Gasteiger partial charge in [-0.05, 0) is 57.2 Å². The van der Waals surface area contributed by atoms with E-state index in [1.54, 1.807) is 28.2 Å². The first-order valence-electron chi connectivity index (χ1n) is 10.3. The molecule has 28 heavy (non-hydrogen) atoms. The van der Waals surface area contributed by atoms with E-state index in [-0.39, 0.29) is 0 Å². The number of thioether (sulfide) groups is 1. The number of aromatic nitrogens is 2. The first kappa shape index (κ1) is 20.2. The largest absolute Gasteiger partial charge is 0.377 e. The summed E-state index contributed by atoms with van der Waals surface area (Å²) in [6.45, 7) is 4.99. The molecule has 2 aromatic rings. The molecule has 1 aromatic heterocycles. The second-order valence-corrected chi connectivity index (χ2v) is 10.5. The van der Waals surface area contributed by atoms with Gasteiger partial charge in [-0.15, -0.1) is 0 Å². The quantitative estimate of drug-likeness (QED) is 0.660. The van der Waals surface area contributed by atoms with Gasteiger partial charge < -0.3 is 9.30 Å². The van der Waals surface area contributed by atoms with Crippen LogP contribution in [-0.4, -0.2) is 53.8 Å². The summed E-state index contributed by atoms with van der Waals surface area (Å²) in [5, 5.41) is 0.944. The maximum Gasteiger partial charge on any atom is 0.243 e. The number of piperidine rings is 1. The normalized spacial score (nSPS) is 22.0. The number of nitrogens with zero attached hydrogens (tertiary/aromatic N) is 3. The molecule has 3 heterocycles. The standard InChI is InChI=1S/C20H29N3O3S2/c1-2-23-19-10-9-17(28(24,25)22-11-5-3-6-12-22)14-18(19)21-20(23)27-15-16-8-4-7-13-26-16/h9-10,14,16H,2-8,11-13,15H2,1H3/t16-/m0/s1. The zero-order chi connectivity index (χ0) is 19.6. The van der Waals surface area contributed by atoms with Crippen molar-refractivity contribution in [2.45, 2.75) is 68.1 Å². The zero-order valence-corrected chi connectivity index (χ0v) is 18.1. The minimum Gasteiger partial charge on any atom is -0.377 e. The molecule has 0 N–H and O–H groups in total. The van der Waals surface area contributed by atoms with E-state index in [1.165, 1.54) is 6.42 Å². The predicted molar refractivity (Wildman–Crippen MR) is 112 cm³/mol.